The van der Waals surface area contributed by atoms with Gasteiger partial charge in [0.25, 0.3) is 0 Å². The fraction of sp³-hybridized carbons (Fsp3) is 0.423. The first-order valence-electron chi connectivity index (χ1n) is 11.5. The Balaban J connectivity index is 2.04. The van der Waals surface area contributed by atoms with Crippen molar-refractivity contribution in [3.63, 3.8) is 0 Å². The van der Waals surface area contributed by atoms with Crippen molar-refractivity contribution < 1.29 is 27.4 Å². The number of benzene rings is 2. The molecule has 196 valence electrons. The minimum atomic E-state index is -3.51. The third-order valence-corrected chi connectivity index (χ3v) is 6.86. The van der Waals surface area contributed by atoms with Crippen molar-refractivity contribution in [1.82, 2.24) is 10.0 Å². The van der Waals surface area contributed by atoms with Crippen LogP contribution in [0, 0.1) is 17.8 Å². The van der Waals surface area contributed by atoms with Crippen LogP contribution in [0.3, 0.4) is 0 Å². The van der Waals surface area contributed by atoms with E-state index in [1.807, 2.05) is 12.1 Å². The van der Waals surface area contributed by atoms with Crippen LogP contribution in [0.25, 0.3) is 0 Å². The summed E-state index contributed by atoms with van der Waals surface area (Å²) < 4.78 is 43.1. The zero-order valence-corrected chi connectivity index (χ0v) is 22.8. The van der Waals surface area contributed by atoms with Gasteiger partial charge in [0.2, 0.25) is 21.7 Å². The number of rotatable bonds is 12. The largest absolute Gasteiger partial charge is 0.493 e. The van der Waals surface area contributed by atoms with E-state index >= 15 is 0 Å². The molecule has 10 heteroatoms. The normalized spacial score (nSPS) is 11.9. The molecule has 2 aromatic carbocycles. The van der Waals surface area contributed by atoms with Crippen molar-refractivity contribution in [1.29, 1.82) is 0 Å². The van der Waals surface area contributed by atoms with E-state index in [1.165, 1.54) is 21.1 Å². The summed E-state index contributed by atoms with van der Waals surface area (Å²) in [5.74, 6) is 6.65. The number of sulfonamides is 1. The van der Waals surface area contributed by atoms with Gasteiger partial charge in [-0.1, -0.05) is 37.3 Å². The predicted molar refractivity (Wildman–Crippen MR) is 141 cm³/mol. The Hall–Kier alpha value is -2.93. The van der Waals surface area contributed by atoms with Crippen LogP contribution in [0.1, 0.15) is 31.9 Å². The Labute approximate surface area is 218 Å². The lowest BCUT2D eigenvalue weighted by Crippen LogP contribution is -2.50. The Bertz CT molecular complexity index is 1160. The highest BCUT2D eigenvalue weighted by molar-refractivity contribution is 7.89. The Morgan fingerprint density at radius 2 is 1.69 bits per heavy atom. The van der Waals surface area contributed by atoms with Gasteiger partial charge >= 0.3 is 0 Å². The molecule has 0 saturated heterocycles. The van der Waals surface area contributed by atoms with Crippen molar-refractivity contribution in [2.24, 2.45) is 5.92 Å². The van der Waals surface area contributed by atoms with E-state index in [-0.39, 0.29) is 24.2 Å². The van der Waals surface area contributed by atoms with Gasteiger partial charge < -0.3 is 19.5 Å². The fourth-order valence-corrected chi connectivity index (χ4v) is 4.27. The number of ether oxygens (including phenoxy) is 3. The molecule has 2 N–H and O–H groups in total. The molecule has 2 rings (SSSR count). The van der Waals surface area contributed by atoms with E-state index in [9.17, 15) is 13.2 Å². The maximum atomic E-state index is 12.6. The van der Waals surface area contributed by atoms with Crippen LogP contribution in [0.5, 0.6) is 17.2 Å². The highest BCUT2D eigenvalue weighted by atomic mass is 35.5. The molecule has 0 fully saturated rings. The molecule has 0 aliphatic rings. The quantitative estimate of drug-likeness (QED) is 0.403. The lowest BCUT2D eigenvalue weighted by Gasteiger charge is -2.21. The molecule has 8 nitrogen and oxygen atoms in total. The van der Waals surface area contributed by atoms with Crippen LogP contribution in [-0.2, 0) is 21.2 Å². The van der Waals surface area contributed by atoms with E-state index in [0.717, 1.165) is 11.1 Å². The standard InChI is InChI=1S/C26H33ClN2O6S/c1-6-36(31,32)29-24(18(2)3)26(30)28-14-13-20-16-22(33-4)25(23(17-20)34-5)35-15-7-8-19-9-11-21(27)12-10-19/h9-12,16-18,24,29H,6,13-15H2,1-5H3,(H,28,30). The number of methoxy groups -OCH3 is 2. The zero-order chi connectivity index (χ0) is 26.7. The zero-order valence-electron chi connectivity index (χ0n) is 21.2. The van der Waals surface area contributed by atoms with Crippen molar-refractivity contribution in [2.75, 3.05) is 33.1 Å². The summed E-state index contributed by atoms with van der Waals surface area (Å²) in [6.07, 6.45) is 0.473. The molecule has 36 heavy (non-hydrogen) atoms. The molecule has 1 unspecified atom stereocenters. The SMILES string of the molecule is CCS(=O)(=O)NC(C(=O)NCCc1cc(OC)c(OCC#Cc2ccc(Cl)cc2)c(OC)c1)C(C)C. The van der Waals surface area contributed by atoms with Gasteiger partial charge in [0.05, 0.1) is 20.0 Å². The monoisotopic (exact) mass is 536 g/mol. The third kappa shape index (κ3) is 8.94. The van der Waals surface area contributed by atoms with Gasteiger partial charge in [-0.05, 0) is 61.2 Å². The van der Waals surface area contributed by atoms with Crippen LogP contribution >= 0.6 is 11.6 Å². The average Bonchev–Trinajstić information content (AvgIpc) is 2.86. The molecule has 0 heterocycles. The van der Waals surface area contributed by atoms with E-state index in [4.69, 9.17) is 25.8 Å². The average molecular weight is 537 g/mol. The molecule has 0 radical (unpaired) electrons. The molecular formula is C26H33ClN2O6S. The van der Waals surface area contributed by atoms with Gasteiger partial charge in [-0.15, -0.1) is 0 Å². The van der Waals surface area contributed by atoms with E-state index in [1.54, 1.807) is 38.1 Å². The molecule has 0 aromatic heterocycles. The smallest absolute Gasteiger partial charge is 0.238 e. The summed E-state index contributed by atoms with van der Waals surface area (Å²) in [5, 5.41) is 3.45. The Kier molecular flexibility index (Phi) is 11.4. The molecular weight excluding hydrogens is 504 g/mol. The Morgan fingerprint density at radius 1 is 1.08 bits per heavy atom. The summed E-state index contributed by atoms with van der Waals surface area (Å²) >= 11 is 5.89. The second kappa shape index (κ2) is 14.0. The molecule has 0 saturated carbocycles. The van der Waals surface area contributed by atoms with Gasteiger partial charge in [-0.25, -0.2) is 13.1 Å². The van der Waals surface area contributed by atoms with Crippen molar-refractivity contribution >= 4 is 27.5 Å². The maximum absolute atomic E-state index is 12.6. The van der Waals surface area contributed by atoms with E-state index in [2.05, 4.69) is 21.9 Å². The molecule has 0 aliphatic heterocycles. The number of halogens is 1. The van der Waals surface area contributed by atoms with Crippen LogP contribution in [-0.4, -0.2) is 53.5 Å². The van der Waals surface area contributed by atoms with Crippen LogP contribution in [0.4, 0.5) is 0 Å². The van der Waals surface area contributed by atoms with Crippen LogP contribution < -0.4 is 24.2 Å². The molecule has 0 spiro atoms. The van der Waals surface area contributed by atoms with Gasteiger partial charge in [0, 0.05) is 17.1 Å². The third-order valence-electron chi connectivity index (χ3n) is 5.23. The fourth-order valence-electron chi connectivity index (χ4n) is 3.21. The van der Waals surface area contributed by atoms with Crippen LogP contribution in [0.2, 0.25) is 5.02 Å². The second-order valence-corrected chi connectivity index (χ2v) is 10.7. The molecule has 0 aliphatic carbocycles. The van der Waals surface area contributed by atoms with Crippen LogP contribution in [0.15, 0.2) is 36.4 Å². The summed E-state index contributed by atoms with van der Waals surface area (Å²) in [7, 11) is -0.454. The lowest BCUT2D eigenvalue weighted by atomic mass is 10.0. The molecule has 1 atom stereocenters. The molecule has 1 amide bonds. The number of hydrogen-bond donors (Lipinski definition) is 2. The summed E-state index contributed by atoms with van der Waals surface area (Å²) in [5.41, 5.74) is 1.67. The molecule has 2 aromatic rings. The van der Waals surface area contributed by atoms with Gasteiger partial charge in [0.15, 0.2) is 11.5 Å². The predicted octanol–water partition coefficient (Wildman–Crippen LogP) is 3.41. The number of amides is 1. The minimum absolute atomic E-state index is 0.0930. The highest BCUT2D eigenvalue weighted by Crippen LogP contribution is 2.38. The first-order chi connectivity index (χ1) is 17.1. The lowest BCUT2D eigenvalue weighted by molar-refractivity contribution is -0.123. The number of carbonyl (C=O) groups excluding carboxylic acids is 1. The Morgan fingerprint density at radius 3 is 2.22 bits per heavy atom. The topological polar surface area (TPSA) is 103 Å². The number of nitrogens with one attached hydrogen (secondary N) is 2. The van der Waals surface area contributed by atoms with Gasteiger partial charge in [0.1, 0.15) is 12.6 Å². The highest BCUT2D eigenvalue weighted by Gasteiger charge is 2.26. The minimum Gasteiger partial charge on any atom is -0.493 e. The number of hydrogen-bond acceptors (Lipinski definition) is 6. The first-order valence-corrected chi connectivity index (χ1v) is 13.5. The summed E-state index contributed by atoms with van der Waals surface area (Å²) in [6, 6.07) is 9.95. The van der Waals surface area contributed by atoms with Gasteiger partial charge in [-0.2, -0.15) is 0 Å². The summed E-state index contributed by atoms with van der Waals surface area (Å²) in [6.45, 7) is 5.52. The maximum Gasteiger partial charge on any atom is 0.238 e. The second-order valence-electron chi connectivity index (χ2n) is 8.21. The van der Waals surface area contributed by atoms with Crippen molar-refractivity contribution in [2.45, 2.75) is 33.2 Å². The van der Waals surface area contributed by atoms with E-state index in [0.29, 0.717) is 35.2 Å². The van der Waals surface area contributed by atoms with Crippen molar-refractivity contribution in [3.05, 3.63) is 52.5 Å². The number of carbonyl (C=O) groups is 1. The molecule has 0 bridgehead atoms. The van der Waals surface area contributed by atoms with Gasteiger partial charge in [-0.3, -0.25) is 4.79 Å². The summed E-state index contributed by atoms with van der Waals surface area (Å²) in [4.78, 5) is 12.6. The first kappa shape index (κ1) is 29.3. The van der Waals surface area contributed by atoms with Crippen molar-refractivity contribution in [3.8, 4) is 29.1 Å². The van der Waals surface area contributed by atoms with E-state index < -0.39 is 16.1 Å².